The van der Waals surface area contributed by atoms with Crippen LogP contribution in [0.15, 0.2) is 109 Å². The second-order valence-electron chi connectivity index (χ2n) is 13.3. The number of amides is 3. The van der Waals surface area contributed by atoms with E-state index in [1.165, 1.54) is 29.0 Å². The second kappa shape index (κ2) is 18.1. The molecule has 2 atom stereocenters. The zero-order chi connectivity index (χ0) is 37.0. The molecule has 0 fully saturated rings. The quantitative estimate of drug-likeness (QED) is 0.145. The van der Waals surface area contributed by atoms with Crippen molar-refractivity contribution >= 4 is 17.7 Å². The van der Waals surface area contributed by atoms with Crippen LogP contribution < -0.4 is 10.6 Å². The van der Waals surface area contributed by atoms with Crippen LogP contribution in [0.25, 0.3) is 11.1 Å². The molecule has 0 saturated carbocycles. The first kappa shape index (κ1) is 38.6. The van der Waals surface area contributed by atoms with Crippen molar-refractivity contribution in [1.29, 1.82) is 0 Å². The van der Waals surface area contributed by atoms with Gasteiger partial charge in [0.05, 0.1) is 0 Å². The lowest BCUT2D eigenvalue weighted by Crippen LogP contribution is -2.56. The number of carbonyl (C=O) groups is 3. The maximum Gasteiger partial charge on any atom is 0.246 e. The second-order valence-corrected chi connectivity index (χ2v) is 13.3. The third kappa shape index (κ3) is 11.1. The van der Waals surface area contributed by atoms with Gasteiger partial charge in [-0.25, -0.2) is 8.78 Å². The van der Waals surface area contributed by atoms with E-state index in [2.05, 4.69) is 15.6 Å². The maximum atomic E-state index is 14.5. The summed E-state index contributed by atoms with van der Waals surface area (Å²) in [7, 11) is 4.93. The molecule has 268 valence electrons. The average Bonchev–Trinajstić information content (AvgIpc) is 3.14. The Bertz CT molecular complexity index is 1780. The van der Waals surface area contributed by atoms with Gasteiger partial charge in [-0.3, -0.25) is 19.4 Å². The predicted octanol–water partition coefficient (Wildman–Crippen LogP) is 5.77. The van der Waals surface area contributed by atoms with E-state index in [0.29, 0.717) is 18.4 Å². The molecule has 0 aliphatic rings. The van der Waals surface area contributed by atoms with Crippen molar-refractivity contribution < 1.29 is 23.2 Å². The summed E-state index contributed by atoms with van der Waals surface area (Å²) in [6.07, 6.45) is 7.78. The summed E-state index contributed by atoms with van der Waals surface area (Å²) in [6.45, 7) is 4.31. The first-order chi connectivity index (χ1) is 24.4. The largest absolute Gasteiger partial charge is 0.354 e. The maximum absolute atomic E-state index is 14.5. The van der Waals surface area contributed by atoms with Gasteiger partial charge in [0.2, 0.25) is 17.7 Å². The number of rotatable bonds is 16. The SMILES string of the molecule is CNC(C)(C)C/C=C/C(=O)N(C)C(Cc1ccc(-c2ccccc2)cc1)C(=O)N(C)C(Cc1ccc(F)c(F)c1)C(=O)NCCc1ccncc1. The highest BCUT2D eigenvalue weighted by Gasteiger charge is 2.35. The first-order valence-corrected chi connectivity index (χ1v) is 17.0. The standard InChI is InChI=1S/C41H47F2N5O3/c1-41(2,44-3)22-9-12-38(49)47(4)37(27-30-13-16-33(17-14-30)32-10-7-6-8-11-32)40(51)48(5)36(28-31-15-18-34(42)35(43)26-31)39(50)46-25-21-29-19-23-45-24-20-29/h6-20,23-24,26,36-37,44H,21-22,25,27-28H2,1-5H3,(H,46,50)/b12-9+. The molecular weight excluding hydrogens is 648 g/mol. The van der Waals surface area contributed by atoms with Gasteiger partial charge >= 0.3 is 0 Å². The molecule has 0 spiro atoms. The Morgan fingerprint density at radius 3 is 2.06 bits per heavy atom. The zero-order valence-corrected chi connectivity index (χ0v) is 29.9. The van der Waals surface area contributed by atoms with Gasteiger partial charge in [0.25, 0.3) is 0 Å². The summed E-state index contributed by atoms with van der Waals surface area (Å²) in [5.41, 5.74) is 3.96. The molecule has 4 aromatic rings. The Labute approximate surface area is 299 Å². The number of benzene rings is 3. The normalized spacial score (nSPS) is 12.7. The molecular formula is C41H47F2N5O3. The fourth-order valence-electron chi connectivity index (χ4n) is 5.59. The van der Waals surface area contributed by atoms with Crippen molar-refractivity contribution in [3.63, 3.8) is 0 Å². The lowest BCUT2D eigenvalue weighted by molar-refractivity contribution is -0.146. The number of hydrogen-bond donors (Lipinski definition) is 2. The first-order valence-electron chi connectivity index (χ1n) is 17.0. The van der Waals surface area contributed by atoms with Crippen molar-refractivity contribution in [3.05, 3.63) is 138 Å². The summed E-state index contributed by atoms with van der Waals surface area (Å²) in [5.74, 6) is -3.36. The van der Waals surface area contributed by atoms with Crippen LogP contribution in [-0.2, 0) is 33.6 Å². The van der Waals surface area contributed by atoms with Crippen molar-refractivity contribution in [2.75, 3.05) is 27.7 Å². The fraction of sp³-hybridized carbons (Fsp3) is 0.317. The van der Waals surface area contributed by atoms with E-state index in [1.54, 1.807) is 25.5 Å². The van der Waals surface area contributed by atoms with Gasteiger partial charge in [-0.15, -0.1) is 0 Å². The van der Waals surface area contributed by atoms with Gasteiger partial charge in [-0.2, -0.15) is 0 Å². The van der Waals surface area contributed by atoms with Crippen LogP contribution in [0.1, 0.15) is 37.0 Å². The molecule has 8 nitrogen and oxygen atoms in total. The molecule has 1 aromatic heterocycles. The Balaban J connectivity index is 1.62. The molecule has 2 unspecified atom stereocenters. The Hall–Kier alpha value is -5.22. The van der Waals surface area contributed by atoms with Crippen molar-refractivity contribution in [2.45, 2.75) is 57.2 Å². The number of nitrogens with zero attached hydrogens (tertiary/aromatic N) is 3. The van der Waals surface area contributed by atoms with Gasteiger partial charge in [-0.1, -0.05) is 66.7 Å². The van der Waals surface area contributed by atoms with E-state index in [9.17, 15) is 23.2 Å². The topological polar surface area (TPSA) is 94.6 Å². The highest BCUT2D eigenvalue weighted by atomic mass is 19.2. The van der Waals surface area contributed by atoms with Crippen molar-refractivity contribution in [2.24, 2.45) is 0 Å². The van der Waals surface area contributed by atoms with E-state index in [0.717, 1.165) is 34.4 Å². The van der Waals surface area contributed by atoms with E-state index in [4.69, 9.17) is 0 Å². The molecule has 10 heteroatoms. The number of hydrogen-bond acceptors (Lipinski definition) is 5. The molecule has 0 aliphatic carbocycles. The Morgan fingerprint density at radius 2 is 1.41 bits per heavy atom. The summed E-state index contributed by atoms with van der Waals surface area (Å²) in [4.78, 5) is 48.5. The van der Waals surface area contributed by atoms with Crippen LogP contribution >= 0.6 is 0 Å². The minimum absolute atomic E-state index is 0.0737. The Morgan fingerprint density at radius 1 is 0.784 bits per heavy atom. The van der Waals surface area contributed by atoms with E-state index in [-0.39, 0.29) is 30.8 Å². The molecule has 0 radical (unpaired) electrons. The third-order valence-electron chi connectivity index (χ3n) is 9.15. The van der Waals surface area contributed by atoms with Gasteiger partial charge in [0.15, 0.2) is 11.6 Å². The predicted molar refractivity (Wildman–Crippen MR) is 197 cm³/mol. The number of nitrogens with one attached hydrogen (secondary N) is 2. The summed E-state index contributed by atoms with van der Waals surface area (Å²) in [5, 5.41) is 6.10. The summed E-state index contributed by atoms with van der Waals surface area (Å²) >= 11 is 0. The van der Waals surface area contributed by atoms with E-state index >= 15 is 0 Å². The average molecular weight is 696 g/mol. The molecule has 0 saturated heterocycles. The molecule has 2 N–H and O–H groups in total. The summed E-state index contributed by atoms with van der Waals surface area (Å²) in [6, 6.07) is 22.8. The smallest absolute Gasteiger partial charge is 0.246 e. The number of likely N-dealkylation sites (N-methyl/N-ethyl adjacent to an activating group) is 2. The van der Waals surface area contributed by atoms with Crippen LogP contribution in [0.5, 0.6) is 0 Å². The van der Waals surface area contributed by atoms with Crippen LogP contribution in [0.4, 0.5) is 8.78 Å². The monoisotopic (exact) mass is 695 g/mol. The molecule has 51 heavy (non-hydrogen) atoms. The molecule has 1 heterocycles. The molecule has 0 bridgehead atoms. The summed E-state index contributed by atoms with van der Waals surface area (Å²) < 4.78 is 28.1. The van der Waals surface area contributed by atoms with Crippen LogP contribution in [-0.4, -0.2) is 77.8 Å². The molecule has 3 amide bonds. The highest BCUT2D eigenvalue weighted by Crippen LogP contribution is 2.22. The zero-order valence-electron chi connectivity index (χ0n) is 29.9. The lowest BCUT2D eigenvalue weighted by atomic mass is 9.98. The molecule has 3 aromatic carbocycles. The number of aromatic nitrogens is 1. The minimum Gasteiger partial charge on any atom is -0.354 e. The van der Waals surface area contributed by atoms with Crippen LogP contribution in [0.3, 0.4) is 0 Å². The van der Waals surface area contributed by atoms with Gasteiger partial charge < -0.3 is 20.4 Å². The minimum atomic E-state index is -1.08. The van der Waals surface area contributed by atoms with Gasteiger partial charge in [0, 0.05) is 51.4 Å². The molecule has 0 aliphatic heterocycles. The number of carbonyl (C=O) groups excluding carboxylic acids is 3. The van der Waals surface area contributed by atoms with Crippen LogP contribution in [0.2, 0.25) is 0 Å². The van der Waals surface area contributed by atoms with E-state index < -0.39 is 35.5 Å². The number of halogens is 2. The van der Waals surface area contributed by atoms with E-state index in [1.807, 2.05) is 87.6 Å². The Kier molecular flexibility index (Phi) is 13.7. The fourth-order valence-corrected chi connectivity index (χ4v) is 5.59. The highest BCUT2D eigenvalue weighted by molar-refractivity contribution is 5.95. The third-order valence-corrected chi connectivity index (χ3v) is 9.15. The van der Waals surface area contributed by atoms with Crippen molar-refractivity contribution in [1.82, 2.24) is 25.4 Å². The van der Waals surface area contributed by atoms with Gasteiger partial charge in [-0.05, 0) is 91.9 Å². The number of pyridine rings is 1. The van der Waals surface area contributed by atoms with Gasteiger partial charge in [0.1, 0.15) is 12.1 Å². The van der Waals surface area contributed by atoms with Crippen molar-refractivity contribution in [3.8, 4) is 11.1 Å². The van der Waals surface area contributed by atoms with Crippen LogP contribution in [0, 0.1) is 11.6 Å². The molecule has 4 rings (SSSR count). The lowest BCUT2D eigenvalue weighted by Gasteiger charge is -2.34.